The molecule has 2 aromatic heterocycles. The van der Waals surface area contributed by atoms with E-state index in [1.807, 2.05) is 0 Å². The molecule has 4 rings (SSSR count). The van der Waals surface area contributed by atoms with Crippen LogP contribution in [0.4, 0.5) is 0 Å². The average molecular weight is 371 g/mol. The Bertz CT molecular complexity index is 1000. The fourth-order valence-electron chi connectivity index (χ4n) is 3.72. The van der Waals surface area contributed by atoms with E-state index in [-0.39, 0.29) is 10.8 Å². The smallest absolute Gasteiger partial charge is 0.0712 e. The molecular formula is C26H30N2. The Kier molecular flexibility index (Phi) is 4.26. The summed E-state index contributed by atoms with van der Waals surface area (Å²) >= 11 is 0. The predicted octanol–water partition coefficient (Wildman–Crippen LogP) is 7.02. The largest absolute Gasteiger partial charge is 0.315 e. The number of hydrogen-bond acceptors (Lipinski definition) is 0. The zero-order chi connectivity index (χ0) is 20.1. The van der Waals surface area contributed by atoms with Gasteiger partial charge in [-0.1, -0.05) is 65.8 Å². The highest BCUT2D eigenvalue weighted by atomic mass is 15.0. The zero-order valence-electron chi connectivity index (χ0n) is 17.8. The summed E-state index contributed by atoms with van der Waals surface area (Å²) in [6, 6.07) is 22.2. The molecule has 0 radical (unpaired) electrons. The zero-order valence-corrected chi connectivity index (χ0v) is 17.8. The van der Waals surface area contributed by atoms with E-state index >= 15 is 0 Å². The van der Waals surface area contributed by atoms with Crippen molar-refractivity contribution in [2.45, 2.75) is 52.4 Å². The second-order valence-electron chi connectivity index (χ2n) is 9.74. The molecule has 2 nitrogen and oxygen atoms in total. The molecule has 0 N–H and O–H groups in total. The lowest BCUT2D eigenvalue weighted by Gasteiger charge is -2.19. The van der Waals surface area contributed by atoms with Crippen molar-refractivity contribution in [2.75, 3.05) is 0 Å². The third kappa shape index (κ3) is 3.28. The lowest BCUT2D eigenvalue weighted by atomic mass is 9.87. The molecule has 2 aromatic carbocycles. The minimum Gasteiger partial charge on any atom is -0.315 e. The maximum Gasteiger partial charge on any atom is 0.0712 e. The van der Waals surface area contributed by atoms with Gasteiger partial charge in [0.05, 0.1) is 11.0 Å². The topological polar surface area (TPSA) is 9.86 Å². The van der Waals surface area contributed by atoms with Crippen LogP contribution in [0, 0.1) is 0 Å². The molecule has 0 fully saturated rings. The maximum absolute atomic E-state index is 2.27. The van der Waals surface area contributed by atoms with E-state index in [0.717, 1.165) is 0 Å². The molecule has 0 aliphatic heterocycles. The Hall–Kier alpha value is -2.74. The molecule has 0 bridgehead atoms. The Morgan fingerprint density at radius 2 is 0.786 bits per heavy atom. The fraction of sp³-hybridized carbons (Fsp3) is 0.308. The second kappa shape index (κ2) is 6.41. The van der Waals surface area contributed by atoms with Gasteiger partial charge in [-0.3, -0.25) is 0 Å². The van der Waals surface area contributed by atoms with E-state index in [1.54, 1.807) is 0 Å². The van der Waals surface area contributed by atoms with Gasteiger partial charge in [0.1, 0.15) is 0 Å². The van der Waals surface area contributed by atoms with Gasteiger partial charge in [-0.05, 0) is 58.4 Å². The van der Waals surface area contributed by atoms with Crippen LogP contribution in [0.2, 0.25) is 0 Å². The van der Waals surface area contributed by atoms with Crippen LogP contribution in [0.25, 0.3) is 22.4 Å². The summed E-state index contributed by atoms with van der Waals surface area (Å²) in [6.07, 6.45) is 4.33. The summed E-state index contributed by atoms with van der Waals surface area (Å²) in [4.78, 5) is 0. The number of nitrogens with zero attached hydrogens (tertiary/aromatic N) is 2. The minimum atomic E-state index is 0.174. The monoisotopic (exact) mass is 370 g/mol. The summed E-state index contributed by atoms with van der Waals surface area (Å²) < 4.78 is 4.53. The summed E-state index contributed by atoms with van der Waals surface area (Å²) in [5.74, 6) is 0. The third-order valence-corrected chi connectivity index (χ3v) is 5.57. The van der Waals surface area contributed by atoms with E-state index in [1.165, 1.54) is 33.5 Å². The maximum atomic E-state index is 2.27. The molecule has 0 unspecified atom stereocenters. The van der Waals surface area contributed by atoms with E-state index < -0.39 is 0 Å². The van der Waals surface area contributed by atoms with Crippen molar-refractivity contribution < 1.29 is 0 Å². The number of benzene rings is 2. The quantitative estimate of drug-likeness (QED) is 0.359. The summed E-state index contributed by atoms with van der Waals surface area (Å²) in [7, 11) is 0. The Morgan fingerprint density at radius 1 is 0.464 bits per heavy atom. The normalized spacial score (nSPS) is 12.6. The standard InChI is InChI=1S/C26H30N2/c1-25(2,3)19-7-11-21(12-8-19)27-17-15-24-23(27)16-18-28(24)22-13-9-20(10-14-22)26(4,5)6/h7-18H,1-6H3. The molecule has 4 aromatic rings. The molecule has 2 heteroatoms. The Balaban J connectivity index is 1.71. The van der Waals surface area contributed by atoms with Gasteiger partial charge in [0.25, 0.3) is 0 Å². The van der Waals surface area contributed by atoms with Crippen LogP contribution in [0.1, 0.15) is 52.7 Å². The molecule has 0 atom stereocenters. The molecular weight excluding hydrogens is 340 g/mol. The van der Waals surface area contributed by atoms with Crippen molar-refractivity contribution in [1.82, 2.24) is 9.13 Å². The summed E-state index contributed by atoms with van der Waals surface area (Å²) in [5, 5.41) is 0. The second-order valence-corrected chi connectivity index (χ2v) is 9.74. The Labute approximate surface area is 168 Å². The van der Waals surface area contributed by atoms with Crippen LogP contribution in [0.5, 0.6) is 0 Å². The van der Waals surface area contributed by atoms with E-state index in [2.05, 4.69) is 124 Å². The van der Waals surface area contributed by atoms with Crippen molar-refractivity contribution in [2.24, 2.45) is 0 Å². The Morgan fingerprint density at radius 3 is 1.07 bits per heavy atom. The van der Waals surface area contributed by atoms with Crippen molar-refractivity contribution in [3.05, 3.63) is 84.2 Å². The molecule has 144 valence electrons. The molecule has 28 heavy (non-hydrogen) atoms. The first-order valence-electron chi connectivity index (χ1n) is 10.0. The predicted molar refractivity (Wildman–Crippen MR) is 120 cm³/mol. The van der Waals surface area contributed by atoms with Gasteiger partial charge in [-0.2, -0.15) is 0 Å². The summed E-state index contributed by atoms with van der Waals surface area (Å²) in [5.41, 5.74) is 7.91. The first kappa shape index (κ1) is 18.6. The van der Waals surface area contributed by atoms with Gasteiger partial charge < -0.3 is 9.13 Å². The molecule has 0 saturated carbocycles. The number of hydrogen-bond donors (Lipinski definition) is 0. The first-order chi connectivity index (χ1) is 13.1. The van der Waals surface area contributed by atoms with Crippen molar-refractivity contribution in [3.63, 3.8) is 0 Å². The van der Waals surface area contributed by atoms with Gasteiger partial charge in [-0.25, -0.2) is 0 Å². The molecule has 0 aliphatic rings. The van der Waals surface area contributed by atoms with Crippen molar-refractivity contribution in [1.29, 1.82) is 0 Å². The first-order valence-corrected chi connectivity index (χ1v) is 10.0. The van der Waals surface area contributed by atoms with Crippen LogP contribution in [0.3, 0.4) is 0 Å². The highest BCUT2D eigenvalue weighted by Gasteiger charge is 2.15. The number of rotatable bonds is 2. The average Bonchev–Trinajstić information content (AvgIpc) is 3.22. The molecule has 0 spiro atoms. The van der Waals surface area contributed by atoms with Crippen molar-refractivity contribution in [3.8, 4) is 11.4 Å². The van der Waals surface area contributed by atoms with E-state index in [4.69, 9.17) is 0 Å². The minimum absolute atomic E-state index is 0.174. The fourth-order valence-corrected chi connectivity index (χ4v) is 3.72. The summed E-state index contributed by atoms with van der Waals surface area (Å²) in [6.45, 7) is 13.5. The van der Waals surface area contributed by atoms with Crippen LogP contribution < -0.4 is 0 Å². The SMILES string of the molecule is CC(C)(C)c1ccc(-n2ccc3c2ccn3-c2ccc(C(C)(C)C)cc2)cc1. The lowest BCUT2D eigenvalue weighted by Crippen LogP contribution is -2.10. The van der Waals surface area contributed by atoms with Gasteiger partial charge in [-0.15, -0.1) is 0 Å². The van der Waals surface area contributed by atoms with Gasteiger partial charge >= 0.3 is 0 Å². The number of aromatic nitrogens is 2. The molecule has 0 saturated heterocycles. The lowest BCUT2D eigenvalue weighted by molar-refractivity contribution is 0.590. The highest BCUT2D eigenvalue weighted by molar-refractivity contribution is 5.81. The van der Waals surface area contributed by atoms with Gasteiger partial charge in [0.15, 0.2) is 0 Å². The molecule has 0 aliphatic carbocycles. The number of fused-ring (bicyclic) bond motifs is 1. The van der Waals surface area contributed by atoms with Crippen molar-refractivity contribution >= 4 is 11.0 Å². The van der Waals surface area contributed by atoms with Crippen LogP contribution >= 0.6 is 0 Å². The third-order valence-electron chi connectivity index (χ3n) is 5.57. The highest BCUT2D eigenvalue weighted by Crippen LogP contribution is 2.28. The van der Waals surface area contributed by atoms with Crippen LogP contribution in [-0.4, -0.2) is 9.13 Å². The van der Waals surface area contributed by atoms with E-state index in [0.29, 0.717) is 0 Å². The molecule has 2 heterocycles. The molecule has 0 amide bonds. The van der Waals surface area contributed by atoms with Gasteiger partial charge in [0, 0.05) is 23.8 Å². The van der Waals surface area contributed by atoms with E-state index in [9.17, 15) is 0 Å². The van der Waals surface area contributed by atoms with Crippen LogP contribution in [0.15, 0.2) is 73.1 Å². The van der Waals surface area contributed by atoms with Crippen LogP contribution in [-0.2, 0) is 10.8 Å². The van der Waals surface area contributed by atoms with Gasteiger partial charge in [0.2, 0.25) is 0 Å².